The first kappa shape index (κ1) is 16.6. The maximum atomic E-state index is 12.8. The van der Waals surface area contributed by atoms with Gasteiger partial charge in [-0.05, 0) is 6.42 Å². The van der Waals surface area contributed by atoms with Crippen LogP contribution in [-0.2, 0) is 4.79 Å². The maximum Gasteiger partial charge on any atom is 0.226 e. The Morgan fingerprint density at radius 1 is 1.22 bits per heavy atom. The minimum absolute atomic E-state index is 0.0737. The average molecular weight is 312 g/mol. The highest BCUT2D eigenvalue weighted by molar-refractivity contribution is 6.12. The van der Waals surface area contributed by atoms with E-state index in [4.69, 9.17) is 0 Å². The molecule has 1 heterocycles. The van der Waals surface area contributed by atoms with Crippen LogP contribution < -0.4 is 10.2 Å². The highest BCUT2D eigenvalue weighted by Gasteiger charge is 2.22. The number of rotatable bonds is 6. The van der Waals surface area contributed by atoms with Gasteiger partial charge >= 0.3 is 0 Å². The minimum atomic E-state index is -0.240. The molecular formula is C17H20N4O2. The van der Waals surface area contributed by atoms with Crippen LogP contribution >= 0.6 is 0 Å². The first-order valence-electron chi connectivity index (χ1n) is 7.49. The van der Waals surface area contributed by atoms with Crippen LogP contribution in [0.5, 0.6) is 0 Å². The summed E-state index contributed by atoms with van der Waals surface area (Å²) in [5, 5.41) is 2.82. The zero-order valence-corrected chi connectivity index (χ0v) is 13.5. The van der Waals surface area contributed by atoms with Crippen LogP contribution in [-0.4, -0.2) is 35.8 Å². The van der Waals surface area contributed by atoms with Crippen LogP contribution in [0.1, 0.15) is 35.8 Å². The van der Waals surface area contributed by atoms with E-state index in [1.807, 2.05) is 13.0 Å². The fourth-order valence-corrected chi connectivity index (χ4v) is 2.15. The molecule has 23 heavy (non-hydrogen) atoms. The van der Waals surface area contributed by atoms with Crippen molar-refractivity contribution in [2.24, 2.45) is 0 Å². The average Bonchev–Trinajstić information content (AvgIpc) is 2.60. The number of hydrogen-bond donors (Lipinski definition) is 1. The van der Waals surface area contributed by atoms with Crippen molar-refractivity contribution >= 4 is 23.3 Å². The number of carbonyl (C=O) groups is 2. The van der Waals surface area contributed by atoms with E-state index < -0.39 is 0 Å². The van der Waals surface area contributed by atoms with Crippen LogP contribution in [0.15, 0.2) is 36.5 Å². The monoisotopic (exact) mass is 312 g/mol. The summed E-state index contributed by atoms with van der Waals surface area (Å²) < 4.78 is 0. The quantitative estimate of drug-likeness (QED) is 0.830. The molecule has 1 amide bonds. The molecule has 0 aliphatic carbocycles. The first-order valence-corrected chi connectivity index (χ1v) is 7.49. The molecule has 2 rings (SSSR count). The van der Waals surface area contributed by atoms with Gasteiger partial charge in [0.15, 0.2) is 0 Å². The summed E-state index contributed by atoms with van der Waals surface area (Å²) in [6.07, 6.45) is 2.65. The van der Waals surface area contributed by atoms with E-state index >= 15 is 0 Å². The molecule has 0 unspecified atom stereocenters. The number of amides is 1. The van der Waals surface area contributed by atoms with Crippen LogP contribution in [0.2, 0.25) is 0 Å². The Hall–Kier alpha value is -2.76. The number of benzene rings is 1. The lowest BCUT2D eigenvalue weighted by molar-refractivity contribution is -0.118. The fourth-order valence-electron chi connectivity index (χ4n) is 2.15. The molecule has 0 spiro atoms. The van der Waals surface area contributed by atoms with Gasteiger partial charge in [0.1, 0.15) is 5.69 Å². The van der Waals surface area contributed by atoms with Crippen molar-refractivity contribution in [3.05, 3.63) is 47.8 Å². The van der Waals surface area contributed by atoms with Gasteiger partial charge in [-0.15, -0.1) is 0 Å². The van der Waals surface area contributed by atoms with Gasteiger partial charge in [0.05, 0.1) is 11.9 Å². The fraction of sp³-hybridized carbons (Fsp3) is 0.294. The van der Waals surface area contributed by atoms with E-state index in [-0.39, 0.29) is 17.4 Å². The second kappa shape index (κ2) is 7.49. The van der Waals surface area contributed by atoms with Crippen LogP contribution in [0.25, 0.3) is 0 Å². The van der Waals surface area contributed by atoms with Crippen molar-refractivity contribution in [1.29, 1.82) is 0 Å². The van der Waals surface area contributed by atoms with E-state index in [1.165, 1.54) is 11.1 Å². The predicted molar refractivity (Wildman–Crippen MR) is 89.8 cm³/mol. The molecule has 120 valence electrons. The molecule has 0 aliphatic rings. The largest absolute Gasteiger partial charge is 0.357 e. The Labute approximate surface area is 135 Å². The molecule has 6 heteroatoms. The summed E-state index contributed by atoms with van der Waals surface area (Å²) in [6.45, 7) is 1.93. The topological polar surface area (TPSA) is 75.2 Å². The summed E-state index contributed by atoms with van der Waals surface area (Å²) in [6, 6.07) is 8.87. The molecule has 2 aromatic rings. The van der Waals surface area contributed by atoms with Gasteiger partial charge < -0.3 is 10.2 Å². The van der Waals surface area contributed by atoms with Gasteiger partial charge in [0.25, 0.3) is 0 Å². The van der Waals surface area contributed by atoms with Gasteiger partial charge in [-0.25, -0.2) is 9.97 Å². The smallest absolute Gasteiger partial charge is 0.226 e. The number of nitrogens with zero attached hydrogens (tertiary/aromatic N) is 3. The van der Waals surface area contributed by atoms with Crippen molar-refractivity contribution in [2.45, 2.75) is 19.8 Å². The van der Waals surface area contributed by atoms with Gasteiger partial charge in [0.2, 0.25) is 17.6 Å². The third-order valence-electron chi connectivity index (χ3n) is 3.44. The Kier molecular flexibility index (Phi) is 5.41. The lowest BCUT2D eigenvalue weighted by Gasteiger charge is -2.19. The molecule has 0 bridgehead atoms. The first-order chi connectivity index (χ1) is 11.1. The van der Waals surface area contributed by atoms with Crippen molar-refractivity contribution in [3.63, 3.8) is 0 Å². The highest BCUT2D eigenvalue weighted by atomic mass is 16.2. The molecular weight excluding hydrogens is 292 g/mol. The highest BCUT2D eigenvalue weighted by Crippen LogP contribution is 2.22. The third kappa shape index (κ3) is 3.71. The molecule has 1 aromatic carbocycles. The van der Waals surface area contributed by atoms with Gasteiger partial charge in [-0.2, -0.15) is 0 Å². The standard InChI is InChI=1S/C17H20N4O2/c1-4-8-14(22)21(3)13-11-19-17(18-2)20-15(13)16(23)12-9-6-5-7-10-12/h5-7,9-11H,4,8H2,1-3H3,(H,18,19,20). The molecule has 0 atom stereocenters. The number of anilines is 2. The second-order valence-corrected chi connectivity index (χ2v) is 5.08. The van der Waals surface area contributed by atoms with Crippen molar-refractivity contribution in [1.82, 2.24) is 9.97 Å². The van der Waals surface area contributed by atoms with Gasteiger partial charge in [0, 0.05) is 26.1 Å². The Morgan fingerprint density at radius 3 is 2.52 bits per heavy atom. The number of ketones is 1. The molecule has 0 radical (unpaired) electrons. The van der Waals surface area contributed by atoms with Crippen LogP contribution in [0.4, 0.5) is 11.6 Å². The van der Waals surface area contributed by atoms with E-state index in [0.29, 0.717) is 23.6 Å². The Balaban J connectivity index is 2.47. The molecule has 1 N–H and O–H groups in total. The Bertz CT molecular complexity index is 701. The molecule has 0 aliphatic heterocycles. The lowest BCUT2D eigenvalue weighted by atomic mass is 10.1. The van der Waals surface area contributed by atoms with Crippen molar-refractivity contribution < 1.29 is 9.59 Å². The second-order valence-electron chi connectivity index (χ2n) is 5.08. The van der Waals surface area contributed by atoms with E-state index in [2.05, 4.69) is 15.3 Å². The zero-order chi connectivity index (χ0) is 16.8. The van der Waals surface area contributed by atoms with Crippen LogP contribution in [0, 0.1) is 0 Å². The summed E-state index contributed by atoms with van der Waals surface area (Å²) in [5.41, 5.74) is 1.14. The summed E-state index contributed by atoms with van der Waals surface area (Å²) in [4.78, 5) is 34.8. The van der Waals surface area contributed by atoms with Gasteiger partial charge in [-0.3, -0.25) is 9.59 Å². The normalized spacial score (nSPS) is 10.2. The van der Waals surface area contributed by atoms with Gasteiger partial charge in [-0.1, -0.05) is 37.3 Å². The van der Waals surface area contributed by atoms with Crippen LogP contribution in [0.3, 0.4) is 0 Å². The third-order valence-corrected chi connectivity index (χ3v) is 3.44. The molecule has 0 saturated carbocycles. The Morgan fingerprint density at radius 2 is 1.91 bits per heavy atom. The molecule has 0 saturated heterocycles. The zero-order valence-electron chi connectivity index (χ0n) is 13.5. The summed E-state index contributed by atoms with van der Waals surface area (Å²) in [5.74, 6) is 0.0236. The number of hydrogen-bond acceptors (Lipinski definition) is 5. The summed E-state index contributed by atoms with van der Waals surface area (Å²) >= 11 is 0. The number of nitrogens with one attached hydrogen (secondary N) is 1. The van der Waals surface area contributed by atoms with E-state index in [9.17, 15) is 9.59 Å². The maximum absolute atomic E-state index is 12.8. The molecule has 0 fully saturated rings. The summed E-state index contributed by atoms with van der Waals surface area (Å²) in [7, 11) is 3.31. The lowest BCUT2D eigenvalue weighted by Crippen LogP contribution is -2.28. The minimum Gasteiger partial charge on any atom is -0.357 e. The SMILES string of the molecule is CCCC(=O)N(C)c1cnc(NC)nc1C(=O)c1ccccc1. The van der Waals surface area contributed by atoms with E-state index in [1.54, 1.807) is 38.4 Å². The number of aromatic nitrogens is 2. The predicted octanol–water partition coefficient (Wildman–Crippen LogP) is 2.51. The van der Waals surface area contributed by atoms with Crippen molar-refractivity contribution in [2.75, 3.05) is 24.3 Å². The number of carbonyl (C=O) groups excluding carboxylic acids is 2. The van der Waals surface area contributed by atoms with Crippen molar-refractivity contribution in [3.8, 4) is 0 Å². The molecule has 6 nitrogen and oxygen atoms in total. The molecule has 1 aromatic heterocycles. The van der Waals surface area contributed by atoms with E-state index in [0.717, 1.165) is 6.42 Å².